The number of halogens is 1. The van der Waals surface area contributed by atoms with Crippen molar-refractivity contribution in [2.75, 3.05) is 13.1 Å². The number of rotatable bonds is 6. The maximum atomic E-state index is 12.8. The van der Waals surface area contributed by atoms with Crippen molar-refractivity contribution < 1.29 is 18.7 Å². The van der Waals surface area contributed by atoms with E-state index in [9.17, 15) is 9.59 Å². The summed E-state index contributed by atoms with van der Waals surface area (Å²) in [5.41, 5.74) is 0.648. The van der Waals surface area contributed by atoms with Crippen molar-refractivity contribution in [3.8, 4) is 5.75 Å². The van der Waals surface area contributed by atoms with Gasteiger partial charge in [0.1, 0.15) is 18.1 Å². The number of carbonyl (C=O) groups excluding carboxylic acids is 2. The lowest BCUT2D eigenvalue weighted by Gasteiger charge is -2.31. The molecular weight excluding hydrogens is 460 g/mol. The number of nitrogens with zero attached hydrogens (tertiary/aromatic N) is 1. The predicted octanol–water partition coefficient (Wildman–Crippen LogP) is 4.66. The number of amides is 2. The van der Waals surface area contributed by atoms with Gasteiger partial charge in [-0.2, -0.15) is 0 Å². The van der Waals surface area contributed by atoms with Crippen molar-refractivity contribution in [3.63, 3.8) is 0 Å². The molecule has 1 aliphatic heterocycles. The normalized spacial score (nSPS) is 14.3. The Bertz CT molecular complexity index is 1030. The minimum absolute atomic E-state index is 0.0585. The first-order valence-electron chi connectivity index (χ1n) is 10.2. The third-order valence-corrected chi connectivity index (χ3v) is 5.75. The molecule has 31 heavy (non-hydrogen) atoms. The van der Waals surface area contributed by atoms with Gasteiger partial charge in [-0.25, -0.2) is 0 Å². The van der Waals surface area contributed by atoms with Crippen LogP contribution in [-0.2, 0) is 6.61 Å². The molecule has 0 unspecified atom stereocenters. The summed E-state index contributed by atoms with van der Waals surface area (Å²) in [6.07, 6.45) is 1.43. The van der Waals surface area contributed by atoms with Gasteiger partial charge in [-0.15, -0.1) is 0 Å². The van der Waals surface area contributed by atoms with E-state index in [0.29, 0.717) is 43.0 Å². The van der Waals surface area contributed by atoms with Crippen LogP contribution in [-0.4, -0.2) is 35.8 Å². The van der Waals surface area contributed by atoms with Gasteiger partial charge in [-0.05, 0) is 61.4 Å². The minimum atomic E-state index is -0.136. The molecule has 7 heteroatoms. The van der Waals surface area contributed by atoms with Crippen LogP contribution in [0.15, 0.2) is 75.6 Å². The molecule has 0 bridgehead atoms. The lowest BCUT2D eigenvalue weighted by molar-refractivity contribution is 0.0663. The van der Waals surface area contributed by atoms with Crippen LogP contribution in [0.1, 0.15) is 39.5 Å². The van der Waals surface area contributed by atoms with Gasteiger partial charge in [0.15, 0.2) is 5.76 Å². The van der Waals surface area contributed by atoms with Crippen molar-refractivity contribution >= 4 is 27.7 Å². The van der Waals surface area contributed by atoms with Gasteiger partial charge in [-0.1, -0.05) is 34.1 Å². The highest BCUT2D eigenvalue weighted by atomic mass is 79.9. The largest absolute Gasteiger partial charge is 0.486 e. The molecule has 1 N–H and O–H groups in total. The van der Waals surface area contributed by atoms with E-state index >= 15 is 0 Å². The third kappa shape index (κ3) is 5.55. The molecule has 1 aliphatic rings. The maximum Gasteiger partial charge on any atom is 0.289 e. The number of furan rings is 1. The van der Waals surface area contributed by atoms with Gasteiger partial charge in [0.25, 0.3) is 11.8 Å². The molecule has 0 aliphatic carbocycles. The van der Waals surface area contributed by atoms with E-state index in [-0.39, 0.29) is 24.5 Å². The van der Waals surface area contributed by atoms with Crippen molar-refractivity contribution in [1.29, 1.82) is 0 Å². The average Bonchev–Trinajstić information content (AvgIpc) is 3.28. The number of carbonyl (C=O) groups is 2. The summed E-state index contributed by atoms with van der Waals surface area (Å²) in [7, 11) is 0. The number of nitrogens with one attached hydrogen (secondary N) is 1. The predicted molar refractivity (Wildman–Crippen MR) is 120 cm³/mol. The Kier molecular flexibility index (Phi) is 6.72. The fourth-order valence-electron chi connectivity index (χ4n) is 3.50. The molecule has 4 rings (SSSR count). The zero-order valence-electron chi connectivity index (χ0n) is 16.9. The Labute approximate surface area is 189 Å². The Morgan fingerprint density at radius 3 is 2.42 bits per heavy atom. The molecule has 0 spiro atoms. The zero-order chi connectivity index (χ0) is 21.6. The number of hydrogen-bond acceptors (Lipinski definition) is 4. The van der Waals surface area contributed by atoms with Crippen LogP contribution in [0.2, 0.25) is 0 Å². The van der Waals surface area contributed by atoms with Crippen LogP contribution in [0.5, 0.6) is 5.75 Å². The summed E-state index contributed by atoms with van der Waals surface area (Å²) in [5, 5.41) is 3.05. The number of hydrogen-bond donors (Lipinski definition) is 1. The lowest BCUT2D eigenvalue weighted by Crippen LogP contribution is -2.46. The smallest absolute Gasteiger partial charge is 0.289 e. The standard InChI is InChI=1S/C24H23BrN2O4/c25-18-6-8-20(9-7-18)30-16-21-10-11-22(31-21)24(29)27-14-12-19(13-15-27)26-23(28)17-4-2-1-3-5-17/h1-11,19H,12-16H2,(H,26,28). The van der Waals surface area contributed by atoms with Crippen LogP contribution in [0, 0.1) is 0 Å². The average molecular weight is 483 g/mol. The van der Waals surface area contributed by atoms with E-state index in [0.717, 1.165) is 10.2 Å². The zero-order valence-corrected chi connectivity index (χ0v) is 18.5. The fraction of sp³-hybridized carbons (Fsp3) is 0.250. The van der Waals surface area contributed by atoms with Crippen LogP contribution < -0.4 is 10.1 Å². The fourth-order valence-corrected chi connectivity index (χ4v) is 3.76. The molecule has 1 aromatic heterocycles. The molecule has 3 aromatic rings. The van der Waals surface area contributed by atoms with Crippen LogP contribution in [0.4, 0.5) is 0 Å². The Balaban J connectivity index is 1.26. The van der Waals surface area contributed by atoms with E-state index < -0.39 is 0 Å². The number of piperidine rings is 1. The monoisotopic (exact) mass is 482 g/mol. The van der Waals surface area contributed by atoms with E-state index in [4.69, 9.17) is 9.15 Å². The number of benzene rings is 2. The molecule has 0 radical (unpaired) electrons. The quantitative estimate of drug-likeness (QED) is 0.554. The van der Waals surface area contributed by atoms with Crippen LogP contribution >= 0.6 is 15.9 Å². The second kappa shape index (κ2) is 9.83. The van der Waals surface area contributed by atoms with Crippen molar-refractivity contribution in [3.05, 3.63) is 88.3 Å². The van der Waals surface area contributed by atoms with Gasteiger partial charge < -0.3 is 19.4 Å². The van der Waals surface area contributed by atoms with Crippen LogP contribution in [0.25, 0.3) is 0 Å². The van der Waals surface area contributed by atoms with Gasteiger partial charge in [0, 0.05) is 29.2 Å². The summed E-state index contributed by atoms with van der Waals surface area (Å²) in [6, 6.07) is 20.2. The van der Waals surface area contributed by atoms with Crippen molar-refractivity contribution in [2.45, 2.75) is 25.5 Å². The van der Waals surface area contributed by atoms with Crippen molar-refractivity contribution in [2.24, 2.45) is 0 Å². The van der Waals surface area contributed by atoms with Crippen molar-refractivity contribution in [1.82, 2.24) is 10.2 Å². The maximum absolute atomic E-state index is 12.8. The highest BCUT2D eigenvalue weighted by Crippen LogP contribution is 2.20. The topological polar surface area (TPSA) is 71.8 Å². The molecule has 160 valence electrons. The summed E-state index contributed by atoms with van der Waals surface area (Å²) in [6.45, 7) is 1.40. The number of ether oxygens (including phenoxy) is 1. The molecule has 2 amide bonds. The summed E-state index contributed by atoms with van der Waals surface area (Å²) < 4.78 is 12.4. The third-order valence-electron chi connectivity index (χ3n) is 5.22. The lowest BCUT2D eigenvalue weighted by atomic mass is 10.0. The second-order valence-electron chi connectivity index (χ2n) is 7.41. The number of likely N-dealkylation sites (tertiary alicyclic amines) is 1. The van der Waals surface area contributed by atoms with Gasteiger partial charge in [0.2, 0.25) is 0 Å². The Morgan fingerprint density at radius 2 is 1.71 bits per heavy atom. The van der Waals surface area contributed by atoms with Gasteiger partial charge in [-0.3, -0.25) is 9.59 Å². The first kappa shape index (κ1) is 21.2. The van der Waals surface area contributed by atoms with Gasteiger partial charge in [0.05, 0.1) is 0 Å². The van der Waals surface area contributed by atoms with Gasteiger partial charge >= 0.3 is 0 Å². The van der Waals surface area contributed by atoms with E-state index in [1.165, 1.54) is 0 Å². The molecule has 6 nitrogen and oxygen atoms in total. The molecule has 2 aromatic carbocycles. The first-order valence-corrected chi connectivity index (χ1v) is 11.0. The minimum Gasteiger partial charge on any atom is -0.486 e. The summed E-state index contributed by atoms with van der Waals surface area (Å²) in [4.78, 5) is 26.9. The molecule has 1 saturated heterocycles. The molecular formula is C24H23BrN2O4. The highest BCUT2D eigenvalue weighted by molar-refractivity contribution is 9.10. The molecule has 1 fully saturated rings. The van der Waals surface area contributed by atoms with Crippen LogP contribution in [0.3, 0.4) is 0 Å². The molecule has 2 heterocycles. The Morgan fingerprint density at radius 1 is 1.00 bits per heavy atom. The highest BCUT2D eigenvalue weighted by Gasteiger charge is 2.26. The Hall–Kier alpha value is -3.06. The molecule has 0 atom stereocenters. The van der Waals surface area contributed by atoms with E-state index in [1.54, 1.807) is 29.2 Å². The second-order valence-corrected chi connectivity index (χ2v) is 8.33. The summed E-state index contributed by atoms with van der Waals surface area (Å²) in [5.74, 6) is 1.42. The van der Waals surface area contributed by atoms with E-state index in [2.05, 4.69) is 21.2 Å². The molecule has 0 saturated carbocycles. The first-order chi connectivity index (χ1) is 15.1. The van der Waals surface area contributed by atoms with E-state index in [1.807, 2.05) is 42.5 Å². The SMILES string of the molecule is O=C(NC1CCN(C(=O)c2ccc(COc3ccc(Br)cc3)o2)CC1)c1ccccc1. The summed E-state index contributed by atoms with van der Waals surface area (Å²) >= 11 is 3.39.